The minimum absolute atomic E-state index is 0.0378. The van der Waals surface area contributed by atoms with Crippen molar-refractivity contribution in [2.45, 2.75) is 0 Å². The number of ketones is 1. The monoisotopic (exact) mass is 222 g/mol. The van der Waals surface area contributed by atoms with Crippen LogP contribution in [0.3, 0.4) is 0 Å². The van der Waals surface area contributed by atoms with Gasteiger partial charge in [0.15, 0.2) is 0 Å². The quantitative estimate of drug-likeness (QED) is 0.345. The highest BCUT2D eigenvalue weighted by Crippen LogP contribution is 2.15. The SMILES string of the molecule is COC(=O)C(=O)/C=C(\O)c1ccc(O)cc1. The smallest absolute Gasteiger partial charge is 0.378 e. The number of carbonyl (C=O) groups excluding carboxylic acids is 2. The summed E-state index contributed by atoms with van der Waals surface area (Å²) in [7, 11) is 1.08. The number of aliphatic hydroxyl groups excluding tert-OH is 1. The summed E-state index contributed by atoms with van der Waals surface area (Å²) < 4.78 is 4.18. The molecule has 1 aromatic carbocycles. The van der Waals surface area contributed by atoms with Gasteiger partial charge in [-0.1, -0.05) is 0 Å². The number of aromatic hydroxyl groups is 1. The molecule has 0 spiro atoms. The van der Waals surface area contributed by atoms with E-state index in [9.17, 15) is 14.7 Å². The van der Waals surface area contributed by atoms with Crippen LogP contribution in [0, 0.1) is 0 Å². The zero-order valence-electron chi connectivity index (χ0n) is 8.51. The minimum Gasteiger partial charge on any atom is -0.508 e. The maximum Gasteiger partial charge on any atom is 0.378 e. The van der Waals surface area contributed by atoms with E-state index in [1.807, 2.05) is 0 Å². The maximum absolute atomic E-state index is 11.1. The Hall–Kier alpha value is -2.30. The van der Waals surface area contributed by atoms with Gasteiger partial charge < -0.3 is 14.9 Å². The molecule has 0 aliphatic carbocycles. The third-order valence-corrected chi connectivity index (χ3v) is 1.82. The highest BCUT2D eigenvalue weighted by atomic mass is 16.5. The minimum atomic E-state index is -1.05. The number of carbonyl (C=O) groups is 2. The van der Waals surface area contributed by atoms with Crippen LogP contribution >= 0.6 is 0 Å². The first kappa shape index (κ1) is 11.8. The number of hydrogen-bond acceptors (Lipinski definition) is 5. The zero-order valence-corrected chi connectivity index (χ0v) is 8.51. The summed E-state index contributed by atoms with van der Waals surface area (Å²) in [5.41, 5.74) is 0.315. The summed E-state index contributed by atoms with van der Waals surface area (Å²) in [6.07, 6.45) is 0.762. The predicted molar refractivity (Wildman–Crippen MR) is 55.7 cm³/mol. The molecule has 0 bridgehead atoms. The molecule has 0 amide bonds. The van der Waals surface area contributed by atoms with Gasteiger partial charge in [0, 0.05) is 11.6 Å². The topological polar surface area (TPSA) is 83.8 Å². The molecular weight excluding hydrogens is 212 g/mol. The van der Waals surface area contributed by atoms with Crippen LogP contribution in [0.1, 0.15) is 5.56 Å². The second-order valence-corrected chi connectivity index (χ2v) is 2.93. The lowest BCUT2D eigenvalue weighted by molar-refractivity contribution is -0.149. The Bertz CT molecular complexity index is 430. The van der Waals surface area contributed by atoms with Crippen LogP contribution < -0.4 is 0 Å². The van der Waals surface area contributed by atoms with Crippen LogP contribution in [0.5, 0.6) is 5.75 Å². The van der Waals surface area contributed by atoms with Gasteiger partial charge in [-0.15, -0.1) is 0 Å². The summed E-state index contributed by atoms with van der Waals surface area (Å²) in [6, 6.07) is 5.52. The first-order chi connectivity index (χ1) is 7.54. The Morgan fingerprint density at radius 1 is 1.25 bits per heavy atom. The van der Waals surface area contributed by atoms with Crippen molar-refractivity contribution in [2.24, 2.45) is 0 Å². The number of methoxy groups -OCH3 is 1. The Morgan fingerprint density at radius 3 is 2.31 bits per heavy atom. The van der Waals surface area contributed by atoms with Crippen LogP contribution in [0.2, 0.25) is 0 Å². The number of benzene rings is 1. The van der Waals surface area contributed by atoms with E-state index < -0.39 is 11.8 Å². The van der Waals surface area contributed by atoms with E-state index in [-0.39, 0.29) is 11.5 Å². The van der Waals surface area contributed by atoms with Crippen LogP contribution in [-0.4, -0.2) is 29.1 Å². The van der Waals surface area contributed by atoms with Crippen LogP contribution in [0.15, 0.2) is 30.3 Å². The van der Waals surface area contributed by atoms with Gasteiger partial charge in [0.25, 0.3) is 5.78 Å². The van der Waals surface area contributed by atoms with Crippen molar-refractivity contribution in [1.82, 2.24) is 0 Å². The highest BCUT2D eigenvalue weighted by molar-refractivity contribution is 6.39. The molecular formula is C11H10O5. The molecule has 0 atom stereocenters. The summed E-state index contributed by atoms with van der Waals surface area (Å²) in [5, 5.41) is 18.5. The van der Waals surface area contributed by atoms with Gasteiger partial charge in [0.2, 0.25) is 0 Å². The lowest BCUT2D eigenvalue weighted by atomic mass is 10.1. The fourth-order valence-corrected chi connectivity index (χ4v) is 0.999. The predicted octanol–water partition coefficient (Wildman–Crippen LogP) is 1.03. The highest BCUT2D eigenvalue weighted by Gasteiger charge is 2.12. The van der Waals surface area contributed by atoms with Crippen LogP contribution in [-0.2, 0) is 14.3 Å². The van der Waals surface area contributed by atoms with E-state index in [4.69, 9.17) is 5.11 Å². The molecule has 0 aromatic heterocycles. The van der Waals surface area contributed by atoms with Gasteiger partial charge in [0.1, 0.15) is 11.5 Å². The molecule has 0 saturated carbocycles. The summed E-state index contributed by atoms with van der Waals surface area (Å²) in [4.78, 5) is 21.8. The van der Waals surface area contributed by atoms with Gasteiger partial charge in [0.05, 0.1) is 7.11 Å². The average molecular weight is 222 g/mol. The van der Waals surface area contributed by atoms with Gasteiger partial charge in [-0.25, -0.2) is 4.79 Å². The Kier molecular flexibility index (Phi) is 3.66. The van der Waals surface area contributed by atoms with Crippen molar-refractivity contribution < 1.29 is 24.5 Å². The fourth-order valence-electron chi connectivity index (χ4n) is 0.999. The standard InChI is InChI=1S/C11H10O5/c1-16-11(15)10(14)6-9(13)7-2-4-8(12)5-3-7/h2-6,12-13H,1H3/b9-6-. The van der Waals surface area contributed by atoms with Gasteiger partial charge in [-0.05, 0) is 24.3 Å². The molecule has 0 radical (unpaired) electrons. The molecule has 5 heteroatoms. The second kappa shape index (κ2) is 4.97. The van der Waals surface area contributed by atoms with E-state index in [0.717, 1.165) is 13.2 Å². The molecule has 5 nitrogen and oxygen atoms in total. The molecule has 1 aromatic rings. The first-order valence-electron chi connectivity index (χ1n) is 4.37. The fraction of sp³-hybridized carbons (Fsp3) is 0.0909. The Balaban J connectivity index is 2.89. The summed E-state index contributed by atoms with van der Waals surface area (Å²) in [6.45, 7) is 0. The molecule has 0 aliphatic heterocycles. The first-order valence-corrected chi connectivity index (χ1v) is 4.37. The third kappa shape index (κ3) is 2.84. The van der Waals surface area contributed by atoms with Gasteiger partial charge in [-0.3, -0.25) is 4.79 Å². The molecule has 0 unspecified atom stereocenters. The van der Waals surface area contributed by atoms with Crippen molar-refractivity contribution in [3.05, 3.63) is 35.9 Å². The molecule has 0 fully saturated rings. The molecule has 0 heterocycles. The van der Waals surface area contributed by atoms with Crippen molar-refractivity contribution in [1.29, 1.82) is 0 Å². The van der Waals surface area contributed by atoms with E-state index in [1.54, 1.807) is 0 Å². The number of ether oxygens (including phenoxy) is 1. The lowest BCUT2D eigenvalue weighted by Crippen LogP contribution is -2.13. The van der Waals surface area contributed by atoms with E-state index in [1.165, 1.54) is 24.3 Å². The van der Waals surface area contributed by atoms with Gasteiger partial charge in [-0.2, -0.15) is 0 Å². The van der Waals surface area contributed by atoms with E-state index >= 15 is 0 Å². The van der Waals surface area contributed by atoms with Crippen LogP contribution in [0.4, 0.5) is 0 Å². The van der Waals surface area contributed by atoms with E-state index in [0.29, 0.717) is 5.56 Å². The summed E-state index contributed by atoms with van der Waals surface area (Å²) >= 11 is 0. The molecule has 2 N–H and O–H groups in total. The van der Waals surface area contributed by atoms with Crippen molar-refractivity contribution >= 4 is 17.5 Å². The molecule has 1 rings (SSSR count). The van der Waals surface area contributed by atoms with Crippen molar-refractivity contribution in [3.63, 3.8) is 0 Å². The van der Waals surface area contributed by atoms with Crippen molar-refractivity contribution in [3.8, 4) is 5.75 Å². The van der Waals surface area contributed by atoms with Crippen molar-refractivity contribution in [2.75, 3.05) is 7.11 Å². The number of aliphatic hydroxyl groups is 1. The lowest BCUT2D eigenvalue weighted by Gasteiger charge is -1.99. The number of rotatable bonds is 3. The molecule has 0 saturated heterocycles. The second-order valence-electron chi connectivity index (χ2n) is 2.93. The zero-order chi connectivity index (χ0) is 12.1. The van der Waals surface area contributed by atoms with Crippen LogP contribution in [0.25, 0.3) is 5.76 Å². The van der Waals surface area contributed by atoms with E-state index in [2.05, 4.69) is 4.74 Å². The Labute approximate surface area is 91.6 Å². The normalized spacial score (nSPS) is 10.9. The number of phenols is 1. The Morgan fingerprint density at radius 2 is 1.81 bits per heavy atom. The summed E-state index contributed by atoms with van der Waals surface area (Å²) in [5.74, 6) is -2.33. The third-order valence-electron chi connectivity index (χ3n) is 1.82. The largest absolute Gasteiger partial charge is 0.508 e. The number of phenolic OH excluding ortho intramolecular Hbond substituents is 1. The molecule has 84 valence electrons. The average Bonchev–Trinajstić information content (AvgIpc) is 2.28. The number of esters is 1. The maximum atomic E-state index is 11.1. The number of hydrogen-bond donors (Lipinski definition) is 2. The molecule has 16 heavy (non-hydrogen) atoms. The molecule has 0 aliphatic rings. The van der Waals surface area contributed by atoms with Gasteiger partial charge >= 0.3 is 5.97 Å².